The number of nitrogens with zero attached hydrogens (tertiary/aromatic N) is 3. The number of carbonyl (C=O) groups excluding carboxylic acids is 2. The van der Waals surface area contributed by atoms with Crippen LogP contribution in [0.4, 0.5) is 0 Å². The molecule has 1 atom stereocenters. The van der Waals surface area contributed by atoms with Gasteiger partial charge in [-0.25, -0.2) is 0 Å². The molecular weight excluding hydrogens is 368 g/mol. The number of hydrogen-bond acceptors (Lipinski definition) is 5. The van der Waals surface area contributed by atoms with Crippen molar-refractivity contribution in [1.29, 1.82) is 0 Å². The molecule has 2 amide bonds. The van der Waals surface area contributed by atoms with Crippen LogP contribution in [0.15, 0.2) is 28.9 Å². The van der Waals surface area contributed by atoms with Crippen molar-refractivity contribution in [3.63, 3.8) is 0 Å². The Morgan fingerprint density at radius 2 is 2.00 bits per heavy atom. The van der Waals surface area contributed by atoms with Gasteiger partial charge in [-0.15, -0.1) is 0 Å². The van der Waals surface area contributed by atoms with Crippen molar-refractivity contribution in [2.24, 2.45) is 11.3 Å². The van der Waals surface area contributed by atoms with Gasteiger partial charge in [0.25, 0.3) is 5.91 Å². The average Bonchev–Trinajstić information content (AvgIpc) is 3.09. The van der Waals surface area contributed by atoms with E-state index >= 15 is 0 Å². The molecule has 0 bridgehead atoms. The van der Waals surface area contributed by atoms with E-state index in [2.05, 4.69) is 15.2 Å². The smallest absolute Gasteiger partial charge is 0.287 e. The van der Waals surface area contributed by atoms with E-state index in [1.165, 1.54) is 12.8 Å². The van der Waals surface area contributed by atoms with Crippen molar-refractivity contribution < 1.29 is 14.0 Å². The van der Waals surface area contributed by atoms with Crippen LogP contribution in [-0.4, -0.2) is 65.9 Å². The fourth-order valence-corrected chi connectivity index (χ4v) is 5.07. The fraction of sp³-hybridized carbons (Fsp3) is 0.591. The summed E-state index contributed by atoms with van der Waals surface area (Å²) in [6, 6.07) is 3.60. The maximum atomic E-state index is 12.5. The van der Waals surface area contributed by atoms with Gasteiger partial charge in [-0.1, -0.05) is 0 Å². The second-order valence-electron chi connectivity index (χ2n) is 8.86. The SMILES string of the molecule is O=C(NCC1CC12CCN(C(=O)CN1CCCC1)CC2)c1cc2ccncc2o1. The number of amides is 2. The van der Waals surface area contributed by atoms with Crippen molar-refractivity contribution >= 4 is 22.8 Å². The Balaban J connectivity index is 1.09. The van der Waals surface area contributed by atoms with Gasteiger partial charge in [-0.05, 0) is 68.7 Å². The predicted octanol–water partition coefficient (Wildman–Crippen LogP) is 2.28. The number of piperidine rings is 1. The van der Waals surface area contributed by atoms with Gasteiger partial charge in [0.1, 0.15) is 0 Å². The summed E-state index contributed by atoms with van der Waals surface area (Å²) in [6.07, 6.45) is 9.00. The van der Waals surface area contributed by atoms with Gasteiger partial charge in [-0.2, -0.15) is 0 Å². The summed E-state index contributed by atoms with van der Waals surface area (Å²) >= 11 is 0. The van der Waals surface area contributed by atoms with E-state index in [9.17, 15) is 9.59 Å². The van der Waals surface area contributed by atoms with Crippen molar-refractivity contribution in [2.45, 2.75) is 32.1 Å². The van der Waals surface area contributed by atoms with Gasteiger partial charge in [0.2, 0.25) is 5.91 Å². The molecule has 3 aliphatic rings. The second-order valence-corrected chi connectivity index (χ2v) is 8.86. The molecule has 2 aliphatic heterocycles. The van der Waals surface area contributed by atoms with Crippen LogP contribution in [-0.2, 0) is 4.79 Å². The molecule has 1 aliphatic carbocycles. The molecule has 7 nitrogen and oxygen atoms in total. The Morgan fingerprint density at radius 3 is 2.76 bits per heavy atom. The second kappa shape index (κ2) is 7.44. The third-order valence-corrected chi connectivity index (χ3v) is 7.08. The largest absolute Gasteiger partial charge is 0.449 e. The Kier molecular flexibility index (Phi) is 4.78. The van der Waals surface area contributed by atoms with Crippen molar-refractivity contribution in [2.75, 3.05) is 39.3 Å². The Morgan fingerprint density at radius 1 is 1.21 bits per heavy atom. The number of likely N-dealkylation sites (tertiary alicyclic amines) is 2. The topological polar surface area (TPSA) is 78.7 Å². The molecule has 3 fully saturated rings. The molecule has 2 saturated heterocycles. The maximum absolute atomic E-state index is 12.5. The summed E-state index contributed by atoms with van der Waals surface area (Å²) in [7, 11) is 0. The fourth-order valence-electron chi connectivity index (χ4n) is 5.07. The molecular formula is C22H28N4O3. The molecule has 1 spiro atoms. The number of fused-ring (bicyclic) bond motifs is 1. The van der Waals surface area contributed by atoms with Gasteiger partial charge < -0.3 is 14.6 Å². The zero-order chi connectivity index (χ0) is 19.8. The first-order valence-corrected chi connectivity index (χ1v) is 10.7. The van der Waals surface area contributed by atoms with E-state index in [4.69, 9.17) is 4.42 Å². The number of furan rings is 1. The van der Waals surface area contributed by atoms with Crippen LogP contribution in [0, 0.1) is 11.3 Å². The lowest BCUT2D eigenvalue weighted by Crippen LogP contribution is -2.44. The predicted molar refractivity (Wildman–Crippen MR) is 108 cm³/mol. The highest BCUT2D eigenvalue weighted by atomic mass is 16.3. The first-order chi connectivity index (χ1) is 14.1. The lowest BCUT2D eigenvalue weighted by molar-refractivity contribution is -0.133. The summed E-state index contributed by atoms with van der Waals surface area (Å²) in [5, 5.41) is 3.92. The molecule has 4 heterocycles. The van der Waals surface area contributed by atoms with Gasteiger partial charge in [-0.3, -0.25) is 19.5 Å². The minimum Gasteiger partial charge on any atom is -0.449 e. The van der Waals surface area contributed by atoms with Gasteiger partial charge >= 0.3 is 0 Å². The van der Waals surface area contributed by atoms with E-state index in [1.807, 2.05) is 11.0 Å². The lowest BCUT2D eigenvalue weighted by Gasteiger charge is -2.34. The molecule has 2 aromatic heterocycles. The minimum absolute atomic E-state index is 0.165. The maximum Gasteiger partial charge on any atom is 0.287 e. The standard InChI is InChI=1S/C22H28N4O3/c27-20(15-25-7-1-2-8-25)26-9-4-22(5-10-26)12-17(22)13-24-21(28)18-11-16-3-6-23-14-19(16)29-18/h3,6,11,14,17H,1-2,4-5,7-10,12-13,15H2,(H,24,28). The molecule has 1 N–H and O–H groups in total. The third-order valence-electron chi connectivity index (χ3n) is 7.08. The Bertz CT molecular complexity index is 877. The van der Waals surface area contributed by atoms with E-state index in [0.717, 1.165) is 50.8 Å². The Hall–Kier alpha value is -2.41. The van der Waals surface area contributed by atoms with E-state index in [0.29, 0.717) is 35.8 Å². The van der Waals surface area contributed by atoms with E-state index < -0.39 is 0 Å². The van der Waals surface area contributed by atoms with Crippen LogP contribution in [0.3, 0.4) is 0 Å². The summed E-state index contributed by atoms with van der Waals surface area (Å²) in [6.45, 7) is 5.09. The normalized spacial score (nSPS) is 23.6. The molecule has 7 heteroatoms. The Labute approximate surface area is 170 Å². The first kappa shape index (κ1) is 18.6. The van der Waals surface area contributed by atoms with Crippen molar-refractivity contribution in [1.82, 2.24) is 20.1 Å². The summed E-state index contributed by atoms with van der Waals surface area (Å²) in [5.41, 5.74) is 0.946. The van der Waals surface area contributed by atoms with Gasteiger partial charge in [0, 0.05) is 31.2 Å². The van der Waals surface area contributed by atoms with E-state index in [-0.39, 0.29) is 11.8 Å². The number of rotatable bonds is 5. The average molecular weight is 396 g/mol. The molecule has 1 unspecified atom stereocenters. The minimum atomic E-state index is -0.165. The zero-order valence-corrected chi connectivity index (χ0v) is 16.7. The number of aromatic nitrogens is 1. The number of pyridine rings is 1. The summed E-state index contributed by atoms with van der Waals surface area (Å²) in [4.78, 5) is 33.3. The van der Waals surface area contributed by atoms with Crippen LogP contribution in [0.1, 0.15) is 42.7 Å². The van der Waals surface area contributed by atoms with E-state index in [1.54, 1.807) is 18.5 Å². The van der Waals surface area contributed by atoms with Crippen LogP contribution >= 0.6 is 0 Å². The molecule has 29 heavy (non-hydrogen) atoms. The van der Waals surface area contributed by atoms with Crippen LogP contribution in [0.5, 0.6) is 0 Å². The molecule has 0 aromatic carbocycles. The zero-order valence-electron chi connectivity index (χ0n) is 16.7. The molecule has 154 valence electrons. The highest BCUT2D eigenvalue weighted by molar-refractivity contribution is 5.95. The van der Waals surface area contributed by atoms with Crippen LogP contribution in [0.2, 0.25) is 0 Å². The van der Waals surface area contributed by atoms with Crippen LogP contribution < -0.4 is 5.32 Å². The van der Waals surface area contributed by atoms with Crippen molar-refractivity contribution in [3.05, 3.63) is 30.3 Å². The first-order valence-electron chi connectivity index (χ1n) is 10.7. The summed E-state index contributed by atoms with van der Waals surface area (Å²) < 4.78 is 5.59. The molecule has 5 rings (SSSR count). The third kappa shape index (κ3) is 3.75. The summed E-state index contributed by atoms with van der Waals surface area (Å²) in [5.74, 6) is 0.964. The molecule has 0 radical (unpaired) electrons. The number of carbonyl (C=O) groups is 2. The molecule has 2 aromatic rings. The monoisotopic (exact) mass is 396 g/mol. The van der Waals surface area contributed by atoms with Crippen molar-refractivity contribution in [3.8, 4) is 0 Å². The lowest BCUT2D eigenvalue weighted by atomic mass is 9.90. The van der Waals surface area contributed by atoms with Crippen LogP contribution in [0.25, 0.3) is 11.0 Å². The number of hydrogen-bond donors (Lipinski definition) is 1. The quantitative estimate of drug-likeness (QED) is 0.839. The van der Waals surface area contributed by atoms with Gasteiger partial charge in [0.15, 0.2) is 11.3 Å². The highest BCUT2D eigenvalue weighted by Gasteiger charge is 2.54. The van der Waals surface area contributed by atoms with Gasteiger partial charge in [0.05, 0.1) is 12.7 Å². The molecule has 1 saturated carbocycles. The number of nitrogens with one attached hydrogen (secondary N) is 1. The highest BCUT2D eigenvalue weighted by Crippen LogP contribution is 2.59.